The summed E-state index contributed by atoms with van der Waals surface area (Å²) >= 11 is 0. The van der Waals surface area contributed by atoms with E-state index in [9.17, 15) is 4.79 Å². The molecule has 0 spiro atoms. The van der Waals surface area contributed by atoms with Crippen LogP contribution in [-0.4, -0.2) is 29.2 Å². The molecular formula is C13H16N4O. The number of likely N-dealkylation sites (N-methyl/N-ethyl adjacent to an activating group) is 1. The van der Waals surface area contributed by atoms with Gasteiger partial charge in [-0.05, 0) is 13.8 Å². The predicted octanol–water partition coefficient (Wildman–Crippen LogP) is 1.48. The maximum atomic E-state index is 11.5. The van der Waals surface area contributed by atoms with Crippen LogP contribution in [-0.2, 0) is 4.79 Å². The summed E-state index contributed by atoms with van der Waals surface area (Å²) in [5, 5.41) is 15.9. The molecule has 18 heavy (non-hydrogen) atoms. The molecule has 2 N–H and O–H groups in total. The molecule has 0 saturated carbocycles. The van der Waals surface area contributed by atoms with Crippen molar-refractivity contribution in [2.45, 2.75) is 19.9 Å². The monoisotopic (exact) mass is 244 g/mol. The van der Waals surface area contributed by atoms with Gasteiger partial charge in [0.15, 0.2) is 5.82 Å². The quantitative estimate of drug-likeness (QED) is 0.858. The van der Waals surface area contributed by atoms with Gasteiger partial charge in [0, 0.05) is 17.8 Å². The normalized spacial score (nSPS) is 12.2. The lowest BCUT2D eigenvalue weighted by Gasteiger charge is -2.14. The number of nitrogens with zero attached hydrogens (tertiary/aromatic N) is 2. The van der Waals surface area contributed by atoms with E-state index in [1.54, 1.807) is 14.0 Å². The van der Waals surface area contributed by atoms with E-state index in [0.29, 0.717) is 5.82 Å². The Morgan fingerprint density at radius 2 is 1.89 bits per heavy atom. The van der Waals surface area contributed by atoms with Crippen molar-refractivity contribution in [2.24, 2.45) is 0 Å². The first-order valence-corrected chi connectivity index (χ1v) is 5.83. The van der Waals surface area contributed by atoms with E-state index < -0.39 is 0 Å². The summed E-state index contributed by atoms with van der Waals surface area (Å²) in [5.41, 5.74) is 0.878. The molecule has 0 aliphatic heterocycles. The number of fused-ring (bicyclic) bond motifs is 1. The predicted molar refractivity (Wildman–Crippen MR) is 71.4 cm³/mol. The van der Waals surface area contributed by atoms with Gasteiger partial charge in [-0.2, -0.15) is 5.10 Å². The molecule has 0 aliphatic rings. The van der Waals surface area contributed by atoms with Gasteiger partial charge in [-0.1, -0.05) is 24.3 Å². The standard InChI is InChI=1S/C13H16N4O/c1-8-10-6-4-5-7-11(10)12(17-16-8)15-9(2)13(18)14-3/h4-7,9H,1-3H3,(H,14,18)(H,15,17). The summed E-state index contributed by atoms with van der Waals surface area (Å²) in [6.45, 7) is 3.70. The molecule has 94 valence electrons. The molecule has 2 aromatic rings. The number of hydrogen-bond acceptors (Lipinski definition) is 4. The van der Waals surface area contributed by atoms with Crippen LogP contribution in [0.3, 0.4) is 0 Å². The van der Waals surface area contributed by atoms with Gasteiger partial charge in [0.05, 0.1) is 5.69 Å². The first kappa shape index (κ1) is 12.3. The first-order chi connectivity index (χ1) is 8.63. The summed E-state index contributed by atoms with van der Waals surface area (Å²) in [6, 6.07) is 7.52. The van der Waals surface area contributed by atoms with Crippen molar-refractivity contribution in [1.82, 2.24) is 15.5 Å². The second-order valence-electron chi connectivity index (χ2n) is 4.16. The molecule has 0 fully saturated rings. The highest BCUT2D eigenvalue weighted by Crippen LogP contribution is 2.22. The second kappa shape index (κ2) is 5.00. The molecule has 1 aromatic heterocycles. The van der Waals surface area contributed by atoms with Crippen molar-refractivity contribution in [3.63, 3.8) is 0 Å². The largest absolute Gasteiger partial charge is 0.357 e. The minimum atomic E-state index is -0.351. The summed E-state index contributed by atoms with van der Waals surface area (Å²) in [4.78, 5) is 11.5. The number of amides is 1. The lowest BCUT2D eigenvalue weighted by Crippen LogP contribution is -2.35. The van der Waals surface area contributed by atoms with E-state index in [-0.39, 0.29) is 11.9 Å². The molecule has 0 bridgehead atoms. The molecule has 5 nitrogen and oxygen atoms in total. The number of carbonyl (C=O) groups excluding carboxylic acids is 1. The topological polar surface area (TPSA) is 66.9 Å². The van der Waals surface area contributed by atoms with Crippen molar-refractivity contribution in [2.75, 3.05) is 12.4 Å². The van der Waals surface area contributed by atoms with Crippen LogP contribution in [0.2, 0.25) is 0 Å². The molecule has 1 heterocycles. The summed E-state index contributed by atoms with van der Waals surface area (Å²) in [6.07, 6.45) is 0. The number of nitrogens with one attached hydrogen (secondary N) is 2. The van der Waals surface area contributed by atoms with Crippen molar-refractivity contribution >= 4 is 22.5 Å². The fourth-order valence-electron chi connectivity index (χ4n) is 1.83. The van der Waals surface area contributed by atoms with Gasteiger partial charge in [-0.25, -0.2) is 0 Å². The zero-order valence-corrected chi connectivity index (χ0v) is 10.7. The molecule has 1 atom stereocenters. The van der Waals surface area contributed by atoms with E-state index in [2.05, 4.69) is 20.8 Å². The van der Waals surface area contributed by atoms with Crippen LogP contribution in [0.25, 0.3) is 10.8 Å². The van der Waals surface area contributed by atoms with E-state index in [4.69, 9.17) is 0 Å². The third-order valence-electron chi connectivity index (χ3n) is 2.86. The molecule has 1 amide bonds. The van der Waals surface area contributed by atoms with Crippen LogP contribution in [0.5, 0.6) is 0 Å². The third kappa shape index (κ3) is 2.25. The Morgan fingerprint density at radius 1 is 1.22 bits per heavy atom. The average molecular weight is 244 g/mol. The van der Waals surface area contributed by atoms with E-state index in [1.165, 1.54) is 0 Å². The zero-order valence-electron chi connectivity index (χ0n) is 10.7. The van der Waals surface area contributed by atoms with Gasteiger partial charge in [-0.15, -0.1) is 5.10 Å². The van der Waals surface area contributed by atoms with Crippen LogP contribution >= 0.6 is 0 Å². The minimum Gasteiger partial charge on any atom is -0.357 e. The Morgan fingerprint density at radius 3 is 2.56 bits per heavy atom. The Labute approximate surface area is 106 Å². The van der Waals surface area contributed by atoms with Crippen molar-refractivity contribution in [1.29, 1.82) is 0 Å². The summed E-state index contributed by atoms with van der Waals surface area (Å²) < 4.78 is 0. The highest BCUT2D eigenvalue weighted by Gasteiger charge is 2.13. The maximum absolute atomic E-state index is 11.5. The van der Waals surface area contributed by atoms with Crippen LogP contribution in [0.15, 0.2) is 24.3 Å². The Bertz CT molecular complexity index is 582. The summed E-state index contributed by atoms with van der Waals surface area (Å²) in [7, 11) is 1.61. The molecule has 0 radical (unpaired) electrons. The fraction of sp³-hybridized carbons (Fsp3) is 0.308. The van der Waals surface area contributed by atoms with Crippen LogP contribution in [0.4, 0.5) is 5.82 Å². The van der Waals surface area contributed by atoms with Gasteiger partial charge in [0.25, 0.3) is 0 Å². The SMILES string of the molecule is CNC(=O)C(C)Nc1nnc(C)c2ccccc12. The van der Waals surface area contributed by atoms with E-state index in [1.807, 2.05) is 31.2 Å². The average Bonchev–Trinajstić information content (AvgIpc) is 2.41. The molecule has 1 unspecified atom stereocenters. The smallest absolute Gasteiger partial charge is 0.241 e. The summed E-state index contributed by atoms with van der Waals surface area (Å²) in [5.74, 6) is 0.550. The third-order valence-corrected chi connectivity index (χ3v) is 2.86. The minimum absolute atomic E-state index is 0.0820. The molecule has 5 heteroatoms. The van der Waals surface area contributed by atoms with Gasteiger partial charge in [0.2, 0.25) is 5.91 Å². The molecule has 0 aliphatic carbocycles. The van der Waals surface area contributed by atoms with E-state index >= 15 is 0 Å². The number of aryl methyl sites for hydroxylation is 1. The number of aromatic nitrogens is 2. The Balaban J connectivity index is 2.40. The zero-order chi connectivity index (χ0) is 13.1. The van der Waals surface area contributed by atoms with Gasteiger partial charge in [-0.3, -0.25) is 4.79 Å². The van der Waals surface area contributed by atoms with Crippen LogP contribution in [0.1, 0.15) is 12.6 Å². The first-order valence-electron chi connectivity index (χ1n) is 5.83. The highest BCUT2D eigenvalue weighted by molar-refractivity contribution is 5.94. The van der Waals surface area contributed by atoms with Crippen molar-refractivity contribution < 1.29 is 4.79 Å². The maximum Gasteiger partial charge on any atom is 0.241 e. The van der Waals surface area contributed by atoms with Crippen molar-refractivity contribution in [3.05, 3.63) is 30.0 Å². The number of benzene rings is 1. The molecule has 2 rings (SSSR count). The molecule has 0 saturated heterocycles. The lowest BCUT2D eigenvalue weighted by atomic mass is 10.1. The lowest BCUT2D eigenvalue weighted by molar-refractivity contribution is -0.121. The fourth-order valence-corrected chi connectivity index (χ4v) is 1.83. The Kier molecular flexibility index (Phi) is 3.41. The van der Waals surface area contributed by atoms with Crippen molar-refractivity contribution in [3.8, 4) is 0 Å². The van der Waals surface area contributed by atoms with Crippen LogP contribution < -0.4 is 10.6 Å². The highest BCUT2D eigenvalue weighted by atomic mass is 16.2. The number of hydrogen-bond donors (Lipinski definition) is 2. The molecule has 1 aromatic carbocycles. The Hall–Kier alpha value is -2.17. The van der Waals surface area contributed by atoms with Crippen LogP contribution in [0, 0.1) is 6.92 Å². The number of carbonyl (C=O) groups is 1. The molecular weight excluding hydrogens is 228 g/mol. The van der Waals surface area contributed by atoms with Gasteiger partial charge >= 0.3 is 0 Å². The van der Waals surface area contributed by atoms with Gasteiger partial charge < -0.3 is 10.6 Å². The number of anilines is 1. The second-order valence-corrected chi connectivity index (χ2v) is 4.16. The number of rotatable bonds is 3. The van der Waals surface area contributed by atoms with Gasteiger partial charge in [0.1, 0.15) is 6.04 Å². The van der Waals surface area contributed by atoms with E-state index in [0.717, 1.165) is 16.5 Å².